The fourth-order valence-corrected chi connectivity index (χ4v) is 6.24. The van der Waals surface area contributed by atoms with Crippen molar-refractivity contribution in [1.29, 1.82) is 0 Å². The first-order chi connectivity index (χ1) is 17.3. The highest BCUT2D eigenvalue weighted by Gasteiger charge is 2.28. The minimum absolute atomic E-state index is 0.773. The average molecular weight is 462 g/mol. The number of rotatable bonds is 5. The van der Waals surface area contributed by atoms with Gasteiger partial charge in [0.05, 0.1) is 0 Å². The normalized spacial score (nSPS) is 20.9. The molecular formula is C34H39N. The molecule has 1 saturated heterocycles. The molecule has 1 saturated carbocycles. The van der Waals surface area contributed by atoms with E-state index in [1.807, 2.05) is 36.4 Å². The fourth-order valence-electron chi connectivity index (χ4n) is 6.24. The van der Waals surface area contributed by atoms with Gasteiger partial charge in [-0.2, -0.15) is 0 Å². The minimum atomic E-state index is 0.773. The van der Waals surface area contributed by atoms with Gasteiger partial charge in [-0.15, -0.1) is 0 Å². The molecule has 0 bridgehead atoms. The summed E-state index contributed by atoms with van der Waals surface area (Å²) in [6.07, 6.45) is 8.17. The predicted molar refractivity (Wildman–Crippen MR) is 150 cm³/mol. The van der Waals surface area contributed by atoms with Gasteiger partial charge in [0.25, 0.3) is 0 Å². The summed E-state index contributed by atoms with van der Waals surface area (Å²) in [5, 5.41) is 2.85. The van der Waals surface area contributed by atoms with Crippen molar-refractivity contribution >= 4 is 10.8 Å². The number of nitrogens with zero attached hydrogens (tertiary/aromatic N) is 1. The Balaban J connectivity index is 0.000000371. The summed E-state index contributed by atoms with van der Waals surface area (Å²) in [6, 6.07) is 38.9. The van der Waals surface area contributed by atoms with Gasteiger partial charge in [0, 0.05) is 6.54 Å². The van der Waals surface area contributed by atoms with Gasteiger partial charge in [0.2, 0.25) is 0 Å². The fraction of sp³-hybridized carbons (Fsp3) is 0.353. The highest BCUT2D eigenvalue weighted by molar-refractivity contribution is 5.85. The predicted octanol–water partition coefficient (Wildman–Crippen LogP) is 8.36. The molecule has 2 fully saturated rings. The third kappa shape index (κ3) is 6.61. The molecular weight excluding hydrogens is 422 g/mol. The van der Waals surface area contributed by atoms with E-state index in [1.54, 1.807) is 11.1 Å². The standard InChI is InChI=1S/C28H33N.C6H6/c1-2-7-24(8-3-1)25-15-17-29(18-16-25)21-23-14-13-22(19-23)20-27-11-6-10-26-9-4-5-12-28(26)27;1-2-4-6-5-3-1/h1-12,22-23,25H,13-21H2;1-6H. The molecule has 4 aromatic carbocycles. The summed E-state index contributed by atoms with van der Waals surface area (Å²) in [6.45, 7) is 3.89. The maximum Gasteiger partial charge on any atom is 0.000977 e. The van der Waals surface area contributed by atoms with Crippen LogP contribution in [0.3, 0.4) is 0 Å². The zero-order chi connectivity index (χ0) is 23.7. The monoisotopic (exact) mass is 461 g/mol. The van der Waals surface area contributed by atoms with E-state index in [4.69, 9.17) is 0 Å². The molecule has 2 aliphatic rings. The third-order valence-corrected chi connectivity index (χ3v) is 8.08. The average Bonchev–Trinajstić information content (AvgIpc) is 3.38. The van der Waals surface area contributed by atoms with E-state index in [2.05, 4.69) is 77.7 Å². The number of hydrogen-bond donors (Lipinski definition) is 0. The number of benzene rings is 4. The molecule has 0 radical (unpaired) electrons. The summed E-state index contributed by atoms with van der Waals surface area (Å²) >= 11 is 0. The summed E-state index contributed by atoms with van der Waals surface area (Å²) in [7, 11) is 0. The topological polar surface area (TPSA) is 3.24 Å². The van der Waals surface area contributed by atoms with E-state index in [0.29, 0.717) is 0 Å². The van der Waals surface area contributed by atoms with Crippen LogP contribution in [0.15, 0.2) is 109 Å². The smallest absolute Gasteiger partial charge is 0.000977 e. The summed E-state index contributed by atoms with van der Waals surface area (Å²) in [4.78, 5) is 2.75. The molecule has 35 heavy (non-hydrogen) atoms. The van der Waals surface area contributed by atoms with Crippen molar-refractivity contribution in [3.05, 3.63) is 120 Å². The zero-order valence-corrected chi connectivity index (χ0v) is 20.9. The molecule has 6 rings (SSSR count). The first-order valence-electron chi connectivity index (χ1n) is 13.6. The van der Waals surface area contributed by atoms with Crippen molar-refractivity contribution < 1.29 is 0 Å². The van der Waals surface area contributed by atoms with Gasteiger partial charge in [0.1, 0.15) is 0 Å². The lowest BCUT2D eigenvalue weighted by Gasteiger charge is -2.33. The molecule has 0 aromatic heterocycles. The van der Waals surface area contributed by atoms with E-state index < -0.39 is 0 Å². The van der Waals surface area contributed by atoms with Crippen molar-refractivity contribution in [1.82, 2.24) is 4.90 Å². The molecule has 1 nitrogen and oxygen atoms in total. The first kappa shape index (κ1) is 23.8. The minimum Gasteiger partial charge on any atom is -0.303 e. The maximum absolute atomic E-state index is 2.75. The number of piperidine rings is 1. The molecule has 180 valence electrons. The summed E-state index contributed by atoms with van der Waals surface area (Å²) < 4.78 is 0. The van der Waals surface area contributed by atoms with Crippen LogP contribution < -0.4 is 0 Å². The molecule has 0 amide bonds. The largest absolute Gasteiger partial charge is 0.303 e. The van der Waals surface area contributed by atoms with Crippen LogP contribution in [0.2, 0.25) is 0 Å². The van der Waals surface area contributed by atoms with Gasteiger partial charge >= 0.3 is 0 Å². The van der Waals surface area contributed by atoms with Crippen molar-refractivity contribution in [3.8, 4) is 0 Å². The van der Waals surface area contributed by atoms with Crippen molar-refractivity contribution in [2.24, 2.45) is 11.8 Å². The van der Waals surface area contributed by atoms with Gasteiger partial charge in [-0.1, -0.05) is 109 Å². The molecule has 1 aliphatic carbocycles. The van der Waals surface area contributed by atoms with Crippen LogP contribution >= 0.6 is 0 Å². The van der Waals surface area contributed by atoms with Gasteiger partial charge in [-0.25, -0.2) is 0 Å². The van der Waals surface area contributed by atoms with Crippen molar-refractivity contribution in [2.45, 2.75) is 44.4 Å². The lowest BCUT2D eigenvalue weighted by atomic mass is 9.89. The lowest BCUT2D eigenvalue weighted by Crippen LogP contribution is -2.36. The summed E-state index contributed by atoms with van der Waals surface area (Å²) in [5.41, 5.74) is 3.10. The summed E-state index contributed by atoms with van der Waals surface area (Å²) in [5.74, 6) is 2.55. The second-order valence-corrected chi connectivity index (χ2v) is 10.5. The van der Waals surface area contributed by atoms with Crippen LogP contribution in [-0.2, 0) is 6.42 Å². The van der Waals surface area contributed by atoms with Gasteiger partial charge in [-0.3, -0.25) is 0 Å². The Labute approximate surface area is 211 Å². The van der Waals surface area contributed by atoms with Crippen LogP contribution in [0.1, 0.15) is 49.1 Å². The van der Waals surface area contributed by atoms with Crippen molar-refractivity contribution in [3.63, 3.8) is 0 Å². The molecule has 2 atom stereocenters. The Morgan fingerprint density at radius 3 is 1.91 bits per heavy atom. The van der Waals surface area contributed by atoms with Crippen molar-refractivity contribution in [2.75, 3.05) is 19.6 Å². The highest BCUT2D eigenvalue weighted by Crippen LogP contribution is 2.36. The Hall–Kier alpha value is -2.90. The van der Waals surface area contributed by atoms with Crippen LogP contribution in [0.25, 0.3) is 10.8 Å². The van der Waals surface area contributed by atoms with E-state index in [9.17, 15) is 0 Å². The Morgan fingerprint density at radius 1 is 0.571 bits per heavy atom. The van der Waals surface area contributed by atoms with E-state index in [-0.39, 0.29) is 0 Å². The molecule has 0 spiro atoms. The molecule has 1 aliphatic heterocycles. The number of hydrogen-bond acceptors (Lipinski definition) is 1. The van der Waals surface area contributed by atoms with Gasteiger partial charge in [0.15, 0.2) is 0 Å². The first-order valence-corrected chi connectivity index (χ1v) is 13.6. The quantitative estimate of drug-likeness (QED) is 0.288. The second kappa shape index (κ2) is 12.2. The number of likely N-dealkylation sites (tertiary alicyclic amines) is 1. The maximum atomic E-state index is 2.75. The Kier molecular flexibility index (Phi) is 8.29. The lowest BCUT2D eigenvalue weighted by molar-refractivity contribution is 0.182. The van der Waals surface area contributed by atoms with E-state index in [1.165, 1.54) is 68.9 Å². The Morgan fingerprint density at radius 2 is 1.17 bits per heavy atom. The SMILES string of the molecule is c1ccc(C2CCN(CC3CCC(Cc4cccc5ccccc45)C3)CC2)cc1.c1ccccc1. The molecule has 0 N–H and O–H groups in total. The van der Waals surface area contributed by atoms with Crippen LogP contribution in [-0.4, -0.2) is 24.5 Å². The third-order valence-electron chi connectivity index (χ3n) is 8.08. The molecule has 1 heterocycles. The molecule has 4 aromatic rings. The highest BCUT2D eigenvalue weighted by atomic mass is 15.1. The van der Waals surface area contributed by atoms with Crippen LogP contribution in [0.5, 0.6) is 0 Å². The number of fused-ring (bicyclic) bond motifs is 1. The molecule has 2 unspecified atom stereocenters. The van der Waals surface area contributed by atoms with E-state index in [0.717, 1.165) is 17.8 Å². The second-order valence-electron chi connectivity index (χ2n) is 10.5. The van der Waals surface area contributed by atoms with Gasteiger partial charge < -0.3 is 4.90 Å². The van der Waals surface area contributed by atoms with Crippen LogP contribution in [0.4, 0.5) is 0 Å². The molecule has 1 heteroatoms. The van der Waals surface area contributed by atoms with Crippen LogP contribution in [0, 0.1) is 11.8 Å². The Bertz CT molecular complexity index is 1110. The van der Waals surface area contributed by atoms with E-state index >= 15 is 0 Å². The van der Waals surface area contributed by atoms with Gasteiger partial charge in [-0.05, 0) is 91.3 Å². The zero-order valence-electron chi connectivity index (χ0n) is 20.9.